The zero-order valence-corrected chi connectivity index (χ0v) is 15.8. The quantitative estimate of drug-likeness (QED) is 0.715. The van der Waals surface area contributed by atoms with Crippen molar-refractivity contribution in [3.63, 3.8) is 0 Å². The van der Waals surface area contributed by atoms with Gasteiger partial charge in [-0.1, -0.05) is 0 Å². The van der Waals surface area contributed by atoms with Crippen LogP contribution in [0.4, 0.5) is 18.9 Å². The Morgan fingerprint density at radius 2 is 2.00 bits per heavy atom. The number of rotatable bonds is 2. The van der Waals surface area contributed by atoms with Crippen LogP contribution in [0.2, 0.25) is 0 Å². The number of nitrogens with zero attached hydrogens (tertiary/aromatic N) is 2. The number of benzene rings is 1. The standard InChI is InChI=1S/C19H18F3N3O4/c1-16-7-12(26)17(2,29-16)13-14(27)25(15(28)18(13,16)24-3)10-5-4-9(8-23)11(6-10)19(20,21)22/h4-6,12-13,24,26H,7H2,1-3H3/t12-,13?,16?,17?,18-/m1/s1. The Kier molecular flexibility index (Phi) is 3.80. The maximum absolute atomic E-state index is 13.4. The van der Waals surface area contributed by atoms with Gasteiger partial charge in [-0.2, -0.15) is 18.4 Å². The molecular formula is C19H18F3N3O4. The molecule has 0 spiro atoms. The molecule has 4 rings (SSSR count). The van der Waals surface area contributed by atoms with Crippen molar-refractivity contribution < 1.29 is 32.6 Å². The van der Waals surface area contributed by atoms with Crippen molar-refractivity contribution in [3.05, 3.63) is 29.3 Å². The minimum Gasteiger partial charge on any atom is -0.390 e. The molecule has 3 heterocycles. The van der Waals surface area contributed by atoms with Gasteiger partial charge >= 0.3 is 6.18 Å². The summed E-state index contributed by atoms with van der Waals surface area (Å²) in [4.78, 5) is 27.4. The number of hydrogen-bond acceptors (Lipinski definition) is 6. The topological polar surface area (TPSA) is 103 Å². The van der Waals surface area contributed by atoms with E-state index in [4.69, 9.17) is 10.00 Å². The summed E-state index contributed by atoms with van der Waals surface area (Å²) in [5.74, 6) is -2.62. The van der Waals surface area contributed by atoms with Crippen molar-refractivity contribution in [2.24, 2.45) is 5.92 Å². The molecule has 2 N–H and O–H groups in total. The van der Waals surface area contributed by atoms with Crippen LogP contribution in [0.25, 0.3) is 0 Å². The van der Waals surface area contributed by atoms with Crippen molar-refractivity contribution in [2.45, 2.75) is 49.3 Å². The van der Waals surface area contributed by atoms with Gasteiger partial charge < -0.3 is 15.2 Å². The van der Waals surface area contributed by atoms with Crippen LogP contribution < -0.4 is 10.2 Å². The van der Waals surface area contributed by atoms with E-state index in [-0.39, 0.29) is 12.1 Å². The molecule has 3 aliphatic rings. The Bertz CT molecular complexity index is 990. The minimum absolute atomic E-state index is 0.0921. The Balaban J connectivity index is 1.89. The average Bonchev–Trinajstić information content (AvgIpc) is 3.11. The molecule has 0 radical (unpaired) electrons. The number of halogens is 3. The molecule has 29 heavy (non-hydrogen) atoms. The molecule has 154 valence electrons. The van der Waals surface area contributed by atoms with Gasteiger partial charge in [0, 0.05) is 6.42 Å². The highest BCUT2D eigenvalue weighted by Crippen LogP contribution is 2.63. The molecule has 1 aromatic carbocycles. The first-order valence-corrected chi connectivity index (χ1v) is 8.94. The number of aliphatic hydroxyl groups excluding tert-OH is 1. The summed E-state index contributed by atoms with van der Waals surface area (Å²) in [6.07, 6.45) is -5.75. The lowest BCUT2D eigenvalue weighted by Crippen LogP contribution is -2.68. The number of carbonyl (C=O) groups excluding carboxylic acids is 2. The number of nitriles is 1. The van der Waals surface area contributed by atoms with Gasteiger partial charge in [-0.3, -0.25) is 9.59 Å². The fourth-order valence-electron chi connectivity index (χ4n) is 5.34. The second-order valence-electron chi connectivity index (χ2n) is 8.05. The smallest absolute Gasteiger partial charge is 0.390 e. The molecular weight excluding hydrogens is 391 g/mol. The summed E-state index contributed by atoms with van der Waals surface area (Å²) >= 11 is 0. The number of fused-ring (bicyclic) bond motifs is 5. The lowest BCUT2D eigenvalue weighted by Gasteiger charge is -2.42. The summed E-state index contributed by atoms with van der Waals surface area (Å²) in [7, 11) is 1.48. The second kappa shape index (κ2) is 5.56. The van der Waals surface area contributed by atoms with E-state index in [1.807, 2.05) is 0 Å². The van der Waals surface area contributed by atoms with Crippen LogP contribution in [0.3, 0.4) is 0 Å². The Morgan fingerprint density at radius 1 is 1.34 bits per heavy atom. The van der Waals surface area contributed by atoms with E-state index in [1.54, 1.807) is 6.92 Å². The third kappa shape index (κ3) is 2.12. The second-order valence-corrected chi connectivity index (χ2v) is 8.05. The van der Waals surface area contributed by atoms with Gasteiger partial charge in [0.25, 0.3) is 5.91 Å². The lowest BCUT2D eigenvalue weighted by molar-refractivity contribution is -0.138. The molecule has 2 bridgehead atoms. The van der Waals surface area contributed by atoms with E-state index in [0.29, 0.717) is 11.0 Å². The predicted molar refractivity (Wildman–Crippen MR) is 92.5 cm³/mol. The first-order chi connectivity index (χ1) is 13.4. The van der Waals surface area contributed by atoms with Gasteiger partial charge in [-0.25, -0.2) is 4.90 Å². The Labute approximate surface area is 164 Å². The number of likely N-dealkylation sites (N-methyl/N-ethyl adjacent to an activating group) is 1. The molecule has 5 atom stereocenters. The van der Waals surface area contributed by atoms with Crippen LogP contribution >= 0.6 is 0 Å². The highest BCUT2D eigenvalue weighted by atomic mass is 19.4. The monoisotopic (exact) mass is 409 g/mol. The van der Waals surface area contributed by atoms with Crippen LogP contribution in [0.1, 0.15) is 31.4 Å². The van der Waals surface area contributed by atoms with E-state index in [2.05, 4.69) is 5.32 Å². The molecule has 0 aliphatic carbocycles. The van der Waals surface area contributed by atoms with Gasteiger partial charge in [0.15, 0.2) is 0 Å². The van der Waals surface area contributed by atoms with E-state index < -0.39 is 57.9 Å². The zero-order chi connectivity index (χ0) is 21.6. The van der Waals surface area contributed by atoms with Gasteiger partial charge in [0.1, 0.15) is 17.1 Å². The molecule has 3 saturated heterocycles. The maximum Gasteiger partial charge on any atom is 0.417 e. The summed E-state index contributed by atoms with van der Waals surface area (Å²) in [6, 6.07) is 4.17. The van der Waals surface area contributed by atoms with E-state index in [9.17, 15) is 27.9 Å². The van der Waals surface area contributed by atoms with Gasteiger partial charge in [-0.05, 0) is 39.1 Å². The van der Waals surface area contributed by atoms with Crippen molar-refractivity contribution in [1.29, 1.82) is 5.26 Å². The largest absolute Gasteiger partial charge is 0.417 e. The third-order valence-electron chi connectivity index (χ3n) is 6.62. The fraction of sp³-hybridized carbons (Fsp3) is 0.526. The number of amides is 2. The summed E-state index contributed by atoms with van der Waals surface area (Å²) in [6.45, 7) is 3.13. The van der Waals surface area contributed by atoms with Crippen LogP contribution in [-0.4, -0.2) is 46.8 Å². The molecule has 2 amide bonds. The molecule has 3 aliphatic heterocycles. The first kappa shape index (κ1) is 19.8. The van der Waals surface area contributed by atoms with Gasteiger partial charge in [-0.15, -0.1) is 0 Å². The fourth-order valence-corrected chi connectivity index (χ4v) is 5.34. The van der Waals surface area contributed by atoms with Crippen molar-refractivity contribution >= 4 is 17.5 Å². The minimum atomic E-state index is -4.83. The van der Waals surface area contributed by atoms with E-state index in [0.717, 1.165) is 12.1 Å². The molecule has 3 unspecified atom stereocenters. The summed E-state index contributed by atoms with van der Waals surface area (Å²) < 4.78 is 46.1. The number of ether oxygens (including phenoxy) is 1. The highest BCUT2D eigenvalue weighted by Gasteiger charge is 2.83. The molecule has 0 aromatic heterocycles. The summed E-state index contributed by atoms with van der Waals surface area (Å²) in [5.41, 5.74) is -6.23. The first-order valence-electron chi connectivity index (χ1n) is 8.94. The molecule has 0 saturated carbocycles. The zero-order valence-electron chi connectivity index (χ0n) is 15.8. The number of carbonyl (C=O) groups is 2. The van der Waals surface area contributed by atoms with Crippen molar-refractivity contribution in [3.8, 4) is 6.07 Å². The Hall–Kier alpha value is -2.48. The normalized spacial score (nSPS) is 38.5. The van der Waals surface area contributed by atoms with Crippen LogP contribution in [-0.2, 0) is 20.5 Å². The molecule has 3 fully saturated rings. The number of hydrogen-bond donors (Lipinski definition) is 2. The number of alkyl halides is 3. The van der Waals surface area contributed by atoms with Gasteiger partial charge in [0.2, 0.25) is 5.91 Å². The van der Waals surface area contributed by atoms with Crippen molar-refractivity contribution in [1.82, 2.24) is 5.32 Å². The average molecular weight is 409 g/mol. The van der Waals surface area contributed by atoms with E-state index in [1.165, 1.54) is 20.0 Å². The van der Waals surface area contributed by atoms with Gasteiger partial charge in [0.05, 0.1) is 34.6 Å². The lowest BCUT2D eigenvalue weighted by atomic mass is 9.62. The predicted octanol–water partition coefficient (Wildman–Crippen LogP) is 1.34. The van der Waals surface area contributed by atoms with Crippen LogP contribution in [0.5, 0.6) is 0 Å². The molecule has 10 heteroatoms. The molecule has 1 aromatic rings. The van der Waals surface area contributed by atoms with Crippen LogP contribution in [0.15, 0.2) is 18.2 Å². The maximum atomic E-state index is 13.4. The third-order valence-corrected chi connectivity index (χ3v) is 6.62. The van der Waals surface area contributed by atoms with Crippen molar-refractivity contribution in [2.75, 3.05) is 11.9 Å². The SMILES string of the molecule is CN[C@@]12C(=O)N(c3ccc(C#N)c(C(F)(F)F)c3)C(=O)C1C1(C)OC2(C)C[C@H]1O. The number of anilines is 1. The molecule has 7 nitrogen and oxygen atoms in total. The number of aliphatic hydroxyl groups is 1. The number of nitrogens with one attached hydrogen (secondary N) is 1. The summed E-state index contributed by atoms with van der Waals surface area (Å²) in [5, 5.41) is 22.3. The Morgan fingerprint density at radius 3 is 2.55 bits per heavy atom. The van der Waals surface area contributed by atoms with Crippen LogP contribution in [0, 0.1) is 17.2 Å². The number of imide groups is 1. The van der Waals surface area contributed by atoms with E-state index >= 15 is 0 Å². The highest BCUT2D eigenvalue weighted by molar-refractivity contribution is 6.27.